The molecule has 2 rings (SSSR count). The lowest BCUT2D eigenvalue weighted by molar-refractivity contribution is 0.110. The average Bonchev–Trinajstić information content (AvgIpc) is 2.30. The second kappa shape index (κ2) is 5.35. The van der Waals surface area contributed by atoms with Crippen LogP contribution in [0.5, 0.6) is 11.5 Å². The molecule has 0 spiro atoms. The van der Waals surface area contributed by atoms with Crippen LogP contribution in [0, 0.1) is 0 Å². The van der Waals surface area contributed by atoms with E-state index >= 15 is 0 Å². The number of phenolic OH excluding ortho intramolecular Hbond substituents is 2. The van der Waals surface area contributed by atoms with Crippen molar-refractivity contribution in [3.63, 3.8) is 0 Å². The van der Waals surface area contributed by atoms with E-state index in [0.29, 0.717) is 0 Å². The second-order valence-corrected chi connectivity index (χ2v) is 4.27. The van der Waals surface area contributed by atoms with Crippen LogP contribution < -0.4 is 5.32 Å². The molecule has 0 saturated carbocycles. The maximum Gasteiger partial charge on any atom is 0.119 e. The summed E-state index contributed by atoms with van der Waals surface area (Å²) in [5, 5.41) is 31.7. The fraction of sp³-hybridized carbons (Fsp3) is 0.500. The van der Waals surface area contributed by atoms with E-state index in [-0.39, 0.29) is 24.1 Å². The van der Waals surface area contributed by atoms with Gasteiger partial charge >= 0.3 is 0 Å². The van der Waals surface area contributed by atoms with E-state index < -0.39 is 0 Å². The quantitative estimate of drug-likeness (QED) is 0.598. The number of aliphatic hydroxyl groups excluding tert-OH is 1. The van der Waals surface area contributed by atoms with Crippen molar-refractivity contribution < 1.29 is 15.3 Å². The summed E-state index contributed by atoms with van der Waals surface area (Å²) in [5.41, 5.74) is 0.743. The summed E-state index contributed by atoms with van der Waals surface area (Å²) in [5.74, 6) is 0.0437. The van der Waals surface area contributed by atoms with Gasteiger partial charge in [-0.25, -0.2) is 0 Å². The van der Waals surface area contributed by atoms with E-state index in [1.807, 2.05) is 0 Å². The van der Waals surface area contributed by atoms with Gasteiger partial charge in [-0.1, -0.05) is 0 Å². The van der Waals surface area contributed by atoms with Gasteiger partial charge in [-0.3, -0.25) is 4.90 Å². The van der Waals surface area contributed by atoms with Crippen LogP contribution in [-0.2, 0) is 0 Å². The molecule has 1 aliphatic rings. The Hall–Kier alpha value is -1.30. The Labute approximate surface area is 100 Å². The van der Waals surface area contributed by atoms with Crippen LogP contribution in [0.3, 0.4) is 0 Å². The Balaban J connectivity index is 2.21. The minimum absolute atomic E-state index is 0.0218. The average molecular weight is 238 g/mol. The van der Waals surface area contributed by atoms with Crippen molar-refractivity contribution in [1.82, 2.24) is 10.2 Å². The first-order chi connectivity index (χ1) is 8.20. The van der Waals surface area contributed by atoms with Crippen molar-refractivity contribution >= 4 is 0 Å². The molecule has 0 amide bonds. The van der Waals surface area contributed by atoms with Crippen LogP contribution in [0.2, 0.25) is 0 Å². The number of piperazine rings is 1. The molecule has 94 valence electrons. The first-order valence-corrected chi connectivity index (χ1v) is 5.79. The summed E-state index contributed by atoms with van der Waals surface area (Å²) in [7, 11) is 0. The maximum atomic E-state index is 9.49. The molecule has 1 aromatic carbocycles. The number of hydrogen-bond donors (Lipinski definition) is 4. The molecule has 4 N–H and O–H groups in total. The van der Waals surface area contributed by atoms with E-state index in [4.69, 9.17) is 0 Å². The van der Waals surface area contributed by atoms with Crippen LogP contribution in [0.4, 0.5) is 0 Å². The van der Waals surface area contributed by atoms with Gasteiger partial charge in [-0.15, -0.1) is 0 Å². The normalized spacial score (nSPS) is 19.1. The van der Waals surface area contributed by atoms with Gasteiger partial charge in [0.15, 0.2) is 0 Å². The summed E-state index contributed by atoms with van der Waals surface area (Å²) < 4.78 is 0. The number of aromatic hydroxyl groups is 2. The highest BCUT2D eigenvalue weighted by atomic mass is 16.3. The van der Waals surface area contributed by atoms with Gasteiger partial charge in [-0.2, -0.15) is 0 Å². The smallest absolute Gasteiger partial charge is 0.119 e. The second-order valence-electron chi connectivity index (χ2n) is 4.27. The minimum Gasteiger partial charge on any atom is -0.508 e. The van der Waals surface area contributed by atoms with Crippen molar-refractivity contribution in [3.8, 4) is 11.5 Å². The zero-order chi connectivity index (χ0) is 12.3. The molecule has 5 nitrogen and oxygen atoms in total. The SMILES string of the molecule is OC[C@@H](c1cc(O)cc(O)c1)N1CCNCC1. The monoisotopic (exact) mass is 238 g/mol. The number of hydrogen-bond acceptors (Lipinski definition) is 5. The van der Waals surface area contributed by atoms with Crippen molar-refractivity contribution in [2.75, 3.05) is 32.8 Å². The summed E-state index contributed by atoms with van der Waals surface area (Å²) in [6.45, 7) is 3.45. The minimum atomic E-state index is -0.171. The van der Waals surface area contributed by atoms with Crippen LogP contribution in [-0.4, -0.2) is 53.0 Å². The first-order valence-electron chi connectivity index (χ1n) is 5.79. The Morgan fingerprint density at radius 3 is 2.24 bits per heavy atom. The first kappa shape index (κ1) is 12.2. The Kier molecular flexibility index (Phi) is 3.83. The van der Waals surface area contributed by atoms with Crippen molar-refractivity contribution in [2.45, 2.75) is 6.04 Å². The molecule has 0 radical (unpaired) electrons. The fourth-order valence-corrected chi connectivity index (χ4v) is 2.24. The van der Waals surface area contributed by atoms with E-state index in [1.54, 1.807) is 12.1 Å². The molecule has 0 unspecified atom stereocenters. The Bertz CT molecular complexity index is 358. The summed E-state index contributed by atoms with van der Waals surface area (Å²) in [6.07, 6.45) is 0. The van der Waals surface area contributed by atoms with Gasteiger partial charge in [-0.05, 0) is 17.7 Å². The number of nitrogens with zero attached hydrogens (tertiary/aromatic N) is 1. The molecule has 1 heterocycles. The van der Waals surface area contributed by atoms with Gasteiger partial charge < -0.3 is 20.6 Å². The highest BCUT2D eigenvalue weighted by molar-refractivity contribution is 5.38. The van der Waals surface area contributed by atoms with Crippen LogP contribution in [0.1, 0.15) is 11.6 Å². The van der Waals surface area contributed by atoms with Crippen LogP contribution >= 0.6 is 0 Å². The molecule has 0 aliphatic carbocycles. The highest BCUT2D eigenvalue weighted by Gasteiger charge is 2.22. The molecule has 17 heavy (non-hydrogen) atoms. The third kappa shape index (κ3) is 2.88. The van der Waals surface area contributed by atoms with Gasteiger partial charge in [0.2, 0.25) is 0 Å². The van der Waals surface area contributed by atoms with Gasteiger partial charge in [0, 0.05) is 32.2 Å². The lowest BCUT2D eigenvalue weighted by Gasteiger charge is -2.34. The molecule has 0 aromatic heterocycles. The van der Waals surface area contributed by atoms with Gasteiger partial charge in [0.25, 0.3) is 0 Å². The summed E-state index contributed by atoms with van der Waals surface area (Å²) in [4.78, 5) is 2.14. The zero-order valence-electron chi connectivity index (χ0n) is 9.63. The predicted molar refractivity (Wildman–Crippen MR) is 64.0 cm³/mol. The van der Waals surface area contributed by atoms with Crippen molar-refractivity contribution in [1.29, 1.82) is 0 Å². The molecule has 1 atom stereocenters. The molecule has 1 aromatic rings. The molecule has 0 bridgehead atoms. The zero-order valence-corrected chi connectivity index (χ0v) is 9.63. The molecule has 5 heteroatoms. The predicted octanol–water partition coefficient (Wildman–Crippen LogP) is 0.0364. The standard InChI is InChI=1S/C12H18N2O3/c15-8-12(14-3-1-13-2-4-14)9-5-10(16)7-11(17)6-9/h5-7,12-13,15-17H,1-4,8H2/t12-/m0/s1. The molecular formula is C12H18N2O3. The lowest BCUT2D eigenvalue weighted by Crippen LogP contribution is -2.46. The third-order valence-electron chi connectivity index (χ3n) is 3.07. The van der Waals surface area contributed by atoms with Gasteiger partial charge in [0.1, 0.15) is 11.5 Å². The highest BCUT2D eigenvalue weighted by Crippen LogP contribution is 2.28. The van der Waals surface area contributed by atoms with Crippen LogP contribution in [0.25, 0.3) is 0 Å². The largest absolute Gasteiger partial charge is 0.508 e. The topological polar surface area (TPSA) is 76.0 Å². The van der Waals surface area contributed by atoms with E-state index in [9.17, 15) is 15.3 Å². The molecular weight excluding hydrogens is 220 g/mol. The molecule has 1 aliphatic heterocycles. The summed E-state index contributed by atoms with van der Waals surface area (Å²) in [6, 6.07) is 4.29. The van der Waals surface area contributed by atoms with Crippen molar-refractivity contribution in [3.05, 3.63) is 23.8 Å². The van der Waals surface area contributed by atoms with E-state index in [0.717, 1.165) is 31.7 Å². The Morgan fingerprint density at radius 1 is 1.12 bits per heavy atom. The lowest BCUT2D eigenvalue weighted by atomic mass is 10.0. The van der Waals surface area contributed by atoms with Crippen molar-refractivity contribution in [2.24, 2.45) is 0 Å². The van der Waals surface area contributed by atoms with Crippen LogP contribution in [0.15, 0.2) is 18.2 Å². The number of rotatable bonds is 3. The third-order valence-corrected chi connectivity index (χ3v) is 3.07. The van der Waals surface area contributed by atoms with E-state index in [2.05, 4.69) is 10.2 Å². The molecule has 1 saturated heterocycles. The summed E-state index contributed by atoms with van der Waals surface area (Å²) >= 11 is 0. The van der Waals surface area contributed by atoms with E-state index in [1.165, 1.54) is 6.07 Å². The number of aliphatic hydroxyl groups is 1. The fourth-order valence-electron chi connectivity index (χ4n) is 2.24. The number of benzene rings is 1. The maximum absolute atomic E-state index is 9.49. The Morgan fingerprint density at radius 2 is 1.71 bits per heavy atom. The number of phenols is 2. The molecule has 1 fully saturated rings. The van der Waals surface area contributed by atoms with Gasteiger partial charge in [0.05, 0.1) is 12.6 Å². The number of nitrogens with one attached hydrogen (secondary N) is 1.